The normalized spacial score (nSPS) is 18.4. The van der Waals surface area contributed by atoms with Crippen LogP contribution in [0.4, 0.5) is 0 Å². The third-order valence-corrected chi connectivity index (χ3v) is 5.72. The Balaban J connectivity index is 1.32. The van der Waals surface area contributed by atoms with Gasteiger partial charge in [-0.2, -0.15) is 16.1 Å². The van der Waals surface area contributed by atoms with Gasteiger partial charge in [-0.1, -0.05) is 6.07 Å². The number of thiophene rings is 1. The van der Waals surface area contributed by atoms with Crippen molar-refractivity contribution in [2.24, 2.45) is 0 Å². The van der Waals surface area contributed by atoms with E-state index in [1.807, 2.05) is 39.9 Å². The lowest BCUT2D eigenvalue weighted by Gasteiger charge is -2.26. The number of amides is 1. The van der Waals surface area contributed by atoms with Gasteiger partial charge in [0.15, 0.2) is 11.5 Å². The maximum atomic E-state index is 12.9. The number of ether oxygens (including phenoxy) is 2. The average molecular weight is 397 g/mol. The zero-order valence-electron chi connectivity index (χ0n) is 15.2. The lowest BCUT2D eigenvalue weighted by atomic mass is 10.0. The van der Waals surface area contributed by atoms with Crippen LogP contribution in [0.15, 0.2) is 35.0 Å². The van der Waals surface area contributed by atoms with E-state index < -0.39 is 0 Å². The summed E-state index contributed by atoms with van der Waals surface area (Å²) in [5.41, 5.74) is 1.99. The second kappa shape index (κ2) is 7.23. The van der Waals surface area contributed by atoms with Crippen molar-refractivity contribution in [3.05, 3.63) is 40.6 Å². The number of hydrogen-bond acceptors (Lipinski definition) is 7. The molecule has 4 heterocycles. The highest BCUT2D eigenvalue weighted by molar-refractivity contribution is 7.08. The van der Waals surface area contributed by atoms with Crippen molar-refractivity contribution in [2.45, 2.75) is 25.4 Å². The molecule has 9 heteroatoms. The number of aromatic nitrogens is 4. The van der Waals surface area contributed by atoms with Crippen molar-refractivity contribution in [3.8, 4) is 22.9 Å². The maximum Gasteiger partial charge on any atom is 0.246 e. The first-order valence-electron chi connectivity index (χ1n) is 9.27. The minimum absolute atomic E-state index is 0.00772. The van der Waals surface area contributed by atoms with Gasteiger partial charge in [0.05, 0.1) is 6.04 Å². The second-order valence-electron chi connectivity index (χ2n) is 6.80. The fraction of sp³-hybridized carbons (Fsp3) is 0.368. The number of hydrogen-bond donors (Lipinski definition) is 0. The van der Waals surface area contributed by atoms with E-state index in [0.717, 1.165) is 42.0 Å². The summed E-state index contributed by atoms with van der Waals surface area (Å²) in [4.78, 5) is 16.2. The number of rotatable bonds is 4. The predicted octanol–water partition coefficient (Wildman–Crippen LogP) is 2.54. The molecule has 1 atom stereocenters. The van der Waals surface area contributed by atoms with Crippen LogP contribution >= 0.6 is 11.3 Å². The number of carbonyl (C=O) groups excluding carboxylic acids is 1. The number of tetrazole rings is 1. The first kappa shape index (κ1) is 17.2. The Morgan fingerprint density at radius 2 is 2.11 bits per heavy atom. The molecule has 0 unspecified atom stereocenters. The monoisotopic (exact) mass is 397 g/mol. The van der Waals surface area contributed by atoms with Gasteiger partial charge in [0, 0.05) is 17.5 Å². The lowest BCUT2D eigenvalue weighted by molar-refractivity contribution is -0.133. The van der Waals surface area contributed by atoms with Gasteiger partial charge in [-0.25, -0.2) is 0 Å². The summed E-state index contributed by atoms with van der Waals surface area (Å²) >= 11 is 1.57. The van der Waals surface area contributed by atoms with Crippen LogP contribution in [0.5, 0.6) is 11.5 Å². The summed E-state index contributed by atoms with van der Waals surface area (Å²) in [6.45, 7) is 1.93. The van der Waals surface area contributed by atoms with E-state index in [1.54, 1.807) is 11.3 Å². The summed E-state index contributed by atoms with van der Waals surface area (Å²) in [6.07, 6.45) is 1.89. The molecule has 144 valence electrons. The summed E-state index contributed by atoms with van der Waals surface area (Å²) in [5.74, 6) is 2.05. The van der Waals surface area contributed by atoms with Crippen LogP contribution in [0.3, 0.4) is 0 Å². The fourth-order valence-electron chi connectivity index (χ4n) is 3.71. The summed E-state index contributed by atoms with van der Waals surface area (Å²) < 4.78 is 11.3. The van der Waals surface area contributed by atoms with Crippen LogP contribution in [-0.4, -0.2) is 50.8 Å². The van der Waals surface area contributed by atoms with E-state index in [2.05, 4.69) is 15.4 Å². The van der Waals surface area contributed by atoms with Gasteiger partial charge in [0.1, 0.15) is 19.8 Å². The van der Waals surface area contributed by atoms with Crippen molar-refractivity contribution < 1.29 is 14.3 Å². The molecule has 2 aromatic heterocycles. The average Bonchev–Trinajstić information content (AvgIpc) is 3.48. The highest BCUT2D eigenvalue weighted by Gasteiger charge is 2.31. The lowest BCUT2D eigenvalue weighted by Crippen LogP contribution is -2.34. The summed E-state index contributed by atoms with van der Waals surface area (Å²) in [6, 6.07) is 7.91. The molecule has 0 aliphatic carbocycles. The van der Waals surface area contributed by atoms with E-state index in [4.69, 9.17) is 9.47 Å². The molecule has 2 aliphatic rings. The van der Waals surface area contributed by atoms with Gasteiger partial charge < -0.3 is 14.4 Å². The topological polar surface area (TPSA) is 82.4 Å². The Kier molecular flexibility index (Phi) is 4.44. The molecule has 0 N–H and O–H groups in total. The second-order valence-corrected chi connectivity index (χ2v) is 7.58. The molecule has 8 nitrogen and oxygen atoms in total. The van der Waals surface area contributed by atoms with Crippen LogP contribution in [0.1, 0.15) is 24.4 Å². The van der Waals surface area contributed by atoms with E-state index in [-0.39, 0.29) is 18.5 Å². The van der Waals surface area contributed by atoms with E-state index in [9.17, 15) is 4.79 Å². The van der Waals surface area contributed by atoms with Crippen molar-refractivity contribution >= 4 is 17.2 Å². The van der Waals surface area contributed by atoms with Crippen LogP contribution in [0, 0.1) is 0 Å². The Morgan fingerprint density at radius 3 is 2.96 bits per heavy atom. The number of fused-ring (bicyclic) bond motifs is 1. The van der Waals surface area contributed by atoms with Crippen molar-refractivity contribution in [3.63, 3.8) is 0 Å². The third kappa shape index (κ3) is 3.22. The molecule has 5 rings (SSSR count). The molecule has 2 aliphatic heterocycles. The molecule has 0 radical (unpaired) electrons. The number of benzene rings is 1. The van der Waals surface area contributed by atoms with Crippen LogP contribution in [-0.2, 0) is 11.3 Å². The Labute approximate surface area is 165 Å². The molecule has 1 fully saturated rings. The molecule has 3 aromatic rings. The molecular weight excluding hydrogens is 378 g/mol. The first-order chi connectivity index (χ1) is 13.8. The zero-order chi connectivity index (χ0) is 18.9. The van der Waals surface area contributed by atoms with Gasteiger partial charge in [0.25, 0.3) is 0 Å². The Hall–Kier alpha value is -2.94. The molecule has 1 amide bonds. The predicted molar refractivity (Wildman–Crippen MR) is 102 cm³/mol. The minimum atomic E-state index is -0.00772. The Bertz CT molecular complexity index is 987. The molecule has 0 bridgehead atoms. The van der Waals surface area contributed by atoms with Crippen LogP contribution in [0.25, 0.3) is 11.4 Å². The third-order valence-electron chi connectivity index (χ3n) is 5.03. The number of likely N-dealkylation sites (tertiary alicyclic amines) is 1. The molecule has 0 spiro atoms. The standard InChI is InChI=1S/C19H19N5O3S/c25-18(11-24-21-19(20-22-24)14-5-9-28-12-14)23-6-1-2-15(23)13-3-4-16-17(10-13)27-8-7-26-16/h3-5,9-10,12,15H,1-2,6-8,11H2/t15-/m1/s1. The summed E-state index contributed by atoms with van der Waals surface area (Å²) in [7, 11) is 0. The van der Waals surface area contributed by atoms with Gasteiger partial charge in [-0.3, -0.25) is 4.79 Å². The highest BCUT2D eigenvalue weighted by atomic mass is 32.1. The zero-order valence-corrected chi connectivity index (χ0v) is 16.0. The van der Waals surface area contributed by atoms with E-state index in [1.165, 1.54) is 4.80 Å². The van der Waals surface area contributed by atoms with E-state index >= 15 is 0 Å². The quantitative estimate of drug-likeness (QED) is 0.673. The number of carbonyl (C=O) groups is 1. The molecule has 0 saturated carbocycles. The van der Waals surface area contributed by atoms with Crippen molar-refractivity contribution in [1.82, 2.24) is 25.1 Å². The van der Waals surface area contributed by atoms with Gasteiger partial charge in [0.2, 0.25) is 11.7 Å². The van der Waals surface area contributed by atoms with Crippen molar-refractivity contribution in [1.29, 1.82) is 0 Å². The SMILES string of the molecule is O=C(Cn1nnc(-c2ccsc2)n1)N1CCC[C@@H]1c1ccc2c(c1)OCCO2. The minimum Gasteiger partial charge on any atom is -0.486 e. The van der Waals surface area contributed by atoms with Crippen LogP contribution in [0.2, 0.25) is 0 Å². The molecule has 1 aromatic carbocycles. The van der Waals surface area contributed by atoms with Crippen LogP contribution < -0.4 is 9.47 Å². The molecular formula is C19H19N5O3S. The Morgan fingerprint density at radius 1 is 1.21 bits per heavy atom. The smallest absolute Gasteiger partial charge is 0.246 e. The highest BCUT2D eigenvalue weighted by Crippen LogP contribution is 2.38. The molecule has 1 saturated heterocycles. The first-order valence-corrected chi connectivity index (χ1v) is 10.2. The van der Waals surface area contributed by atoms with Gasteiger partial charge in [-0.15, -0.1) is 10.2 Å². The number of nitrogens with zero attached hydrogens (tertiary/aromatic N) is 5. The van der Waals surface area contributed by atoms with Crippen molar-refractivity contribution in [2.75, 3.05) is 19.8 Å². The fourth-order valence-corrected chi connectivity index (χ4v) is 4.34. The van der Waals surface area contributed by atoms with Gasteiger partial charge in [-0.05, 0) is 47.2 Å². The maximum absolute atomic E-state index is 12.9. The summed E-state index contributed by atoms with van der Waals surface area (Å²) in [5, 5.41) is 16.3. The van der Waals surface area contributed by atoms with E-state index in [0.29, 0.717) is 19.0 Å². The van der Waals surface area contributed by atoms with Gasteiger partial charge >= 0.3 is 0 Å². The molecule has 28 heavy (non-hydrogen) atoms. The largest absolute Gasteiger partial charge is 0.486 e.